The maximum Gasteiger partial charge on any atom is 0.234 e. The summed E-state index contributed by atoms with van der Waals surface area (Å²) in [7, 11) is -3.60. The van der Waals surface area contributed by atoms with Gasteiger partial charge in [-0.2, -0.15) is 0 Å². The van der Waals surface area contributed by atoms with Gasteiger partial charge in [0, 0.05) is 0 Å². The van der Waals surface area contributed by atoms with Crippen molar-refractivity contribution in [1.29, 1.82) is 0 Å². The van der Waals surface area contributed by atoms with Crippen LogP contribution in [0.4, 0.5) is 0 Å². The van der Waals surface area contributed by atoms with Gasteiger partial charge in [-0.1, -0.05) is 24.3 Å². The number of hydrogen-bond donors (Lipinski definition) is 2. The summed E-state index contributed by atoms with van der Waals surface area (Å²) in [6.45, 7) is 0. The molecule has 3 N–H and O–H groups in total. The summed E-state index contributed by atoms with van der Waals surface area (Å²) >= 11 is 0. The van der Waals surface area contributed by atoms with Crippen molar-refractivity contribution < 1.29 is 8.42 Å². The van der Waals surface area contributed by atoms with Gasteiger partial charge in [0.1, 0.15) is 0 Å². The van der Waals surface area contributed by atoms with Gasteiger partial charge in [-0.05, 0) is 23.4 Å². The minimum Gasteiger partial charge on any atom is -0.370 e. The molecule has 1 aromatic carbocycles. The highest BCUT2D eigenvalue weighted by Gasteiger charge is 2.25. The average molecular weight is 210 g/mol. The van der Waals surface area contributed by atoms with Crippen molar-refractivity contribution in [1.82, 2.24) is 5.32 Å². The number of sulfonamides is 1. The number of nitrogens with two attached hydrogens (primary N) is 1. The fraction of sp³-hybridized carbons (Fsp3) is 0.111. The van der Waals surface area contributed by atoms with Gasteiger partial charge in [0.15, 0.2) is 5.37 Å². The van der Waals surface area contributed by atoms with Crippen molar-refractivity contribution in [3.05, 3.63) is 41.6 Å². The van der Waals surface area contributed by atoms with Crippen molar-refractivity contribution in [3.63, 3.8) is 0 Å². The van der Waals surface area contributed by atoms with Crippen molar-refractivity contribution in [2.24, 2.45) is 5.14 Å². The van der Waals surface area contributed by atoms with Crippen molar-refractivity contribution in [2.45, 2.75) is 5.37 Å². The molecule has 0 radical (unpaired) electrons. The SMILES string of the molecule is NS(=O)(=O)C1NC=Cc2ccccc21. The molecule has 0 spiro atoms. The standard InChI is InChI=1S/C9H10N2O2S/c10-14(12,13)9-8-4-2-1-3-7(8)5-6-11-9/h1-6,9,11H,(H2,10,12,13). The second-order valence-corrected chi connectivity index (χ2v) is 4.75. The monoisotopic (exact) mass is 210 g/mol. The number of rotatable bonds is 1. The fourth-order valence-electron chi connectivity index (χ4n) is 1.49. The van der Waals surface area contributed by atoms with Gasteiger partial charge < -0.3 is 5.32 Å². The van der Waals surface area contributed by atoms with E-state index < -0.39 is 15.4 Å². The van der Waals surface area contributed by atoms with Gasteiger partial charge in [-0.15, -0.1) is 0 Å². The van der Waals surface area contributed by atoms with E-state index in [4.69, 9.17) is 5.14 Å². The number of primary sulfonamides is 1. The van der Waals surface area contributed by atoms with Crippen LogP contribution in [-0.4, -0.2) is 8.42 Å². The second-order valence-electron chi connectivity index (χ2n) is 3.10. The summed E-state index contributed by atoms with van der Waals surface area (Å²) in [4.78, 5) is 0. The maximum atomic E-state index is 11.2. The number of nitrogens with one attached hydrogen (secondary N) is 1. The zero-order valence-electron chi connectivity index (χ0n) is 7.34. The van der Waals surface area contributed by atoms with Crippen LogP contribution in [0.15, 0.2) is 30.5 Å². The summed E-state index contributed by atoms with van der Waals surface area (Å²) in [5.74, 6) is 0. The number of fused-ring (bicyclic) bond motifs is 1. The fourth-order valence-corrected chi connectivity index (χ4v) is 2.33. The second kappa shape index (κ2) is 3.11. The van der Waals surface area contributed by atoms with Crippen LogP contribution in [0.5, 0.6) is 0 Å². The Hall–Kier alpha value is -1.33. The van der Waals surface area contributed by atoms with Gasteiger partial charge in [0.05, 0.1) is 0 Å². The van der Waals surface area contributed by atoms with Crippen molar-refractivity contribution in [3.8, 4) is 0 Å². The van der Waals surface area contributed by atoms with Gasteiger partial charge in [0.25, 0.3) is 0 Å². The molecule has 1 atom stereocenters. The molecule has 1 heterocycles. The molecule has 0 saturated carbocycles. The number of hydrogen-bond acceptors (Lipinski definition) is 3. The molecule has 0 aromatic heterocycles. The molecule has 1 unspecified atom stereocenters. The van der Waals surface area contributed by atoms with Crippen LogP contribution in [0.1, 0.15) is 16.5 Å². The van der Waals surface area contributed by atoms with Gasteiger partial charge in [-0.3, -0.25) is 0 Å². The van der Waals surface area contributed by atoms with E-state index in [2.05, 4.69) is 5.32 Å². The molecule has 0 fully saturated rings. The van der Waals surface area contributed by atoms with Gasteiger partial charge in [0.2, 0.25) is 10.0 Å². The zero-order valence-corrected chi connectivity index (χ0v) is 8.16. The lowest BCUT2D eigenvalue weighted by Gasteiger charge is -2.21. The largest absolute Gasteiger partial charge is 0.370 e. The van der Waals surface area contributed by atoms with Crippen LogP contribution in [0.2, 0.25) is 0 Å². The molecule has 14 heavy (non-hydrogen) atoms. The van der Waals surface area contributed by atoms with Gasteiger partial charge >= 0.3 is 0 Å². The Labute approximate surface area is 82.5 Å². The molecule has 0 bridgehead atoms. The summed E-state index contributed by atoms with van der Waals surface area (Å²) in [5, 5.41) is 6.99. The first-order valence-corrected chi connectivity index (χ1v) is 5.73. The van der Waals surface area contributed by atoms with Crippen LogP contribution in [0.25, 0.3) is 6.08 Å². The minimum absolute atomic E-state index is 0.692. The third-order valence-electron chi connectivity index (χ3n) is 2.12. The highest BCUT2D eigenvalue weighted by molar-refractivity contribution is 7.89. The number of benzene rings is 1. The Balaban J connectivity index is 2.57. The summed E-state index contributed by atoms with van der Waals surface area (Å²) in [6, 6.07) is 7.25. The van der Waals surface area contributed by atoms with E-state index in [0.717, 1.165) is 5.56 Å². The lowest BCUT2D eigenvalue weighted by atomic mass is 10.1. The smallest absolute Gasteiger partial charge is 0.234 e. The first-order valence-electron chi connectivity index (χ1n) is 4.12. The molecule has 4 nitrogen and oxygen atoms in total. The van der Waals surface area contributed by atoms with Crippen LogP contribution in [0.3, 0.4) is 0 Å². The Bertz CT molecular complexity index is 479. The summed E-state index contributed by atoms with van der Waals surface area (Å²) in [6.07, 6.45) is 3.41. The van der Waals surface area contributed by atoms with E-state index in [1.54, 1.807) is 18.3 Å². The molecule has 74 valence electrons. The molecular formula is C9H10N2O2S. The Kier molecular flexibility index (Phi) is 2.05. The third kappa shape index (κ3) is 1.51. The van der Waals surface area contributed by atoms with Crippen LogP contribution < -0.4 is 10.5 Å². The molecule has 1 aromatic rings. The van der Waals surface area contributed by atoms with E-state index in [-0.39, 0.29) is 0 Å². The Morgan fingerprint density at radius 2 is 2.00 bits per heavy atom. The van der Waals surface area contributed by atoms with Crippen molar-refractivity contribution in [2.75, 3.05) is 0 Å². The lowest BCUT2D eigenvalue weighted by molar-refractivity contribution is 0.575. The highest BCUT2D eigenvalue weighted by atomic mass is 32.2. The van der Waals surface area contributed by atoms with E-state index in [0.29, 0.717) is 5.56 Å². The molecule has 0 amide bonds. The van der Waals surface area contributed by atoms with Gasteiger partial charge in [-0.25, -0.2) is 13.6 Å². The van der Waals surface area contributed by atoms with Crippen LogP contribution in [-0.2, 0) is 10.0 Å². The van der Waals surface area contributed by atoms with E-state index in [1.807, 2.05) is 18.2 Å². The molecule has 1 aliphatic rings. The lowest BCUT2D eigenvalue weighted by Crippen LogP contribution is -2.32. The molecule has 1 aliphatic heterocycles. The summed E-state index contributed by atoms with van der Waals surface area (Å²) in [5.41, 5.74) is 1.57. The molecule has 0 aliphatic carbocycles. The average Bonchev–Trinajstić information content (AvgIpc) is 2.15. The summed E-state index contributed by atoms with van der Waals surface area (Å²) < 4.78 is 22.5. The quantitative estimate of drug-likeness (QED) is 0.711. The van der Waals surface area contributed by atoms with E-state index in [1.165, 1.54) is 0 Å². The molecule has 0 saturated heterocycles. The van der Waals surface area contributed by atoms with E-state index >= 15 is 0 Å². The minimum atomic E-state index is -3.60. The highest BCUT2D eigenvalue weighted by Crippen LogP contribution is 2.25. The first-order chi connectivity index (χ1) is 6.59. The molecular weight excluding hydrogens is 200 g/mol. The van der Waals surface area contributed by atoms with E-state index in [9.17, 15) is 8.42 Å². The first kappa shape index (κ1) is 9.23. The normalized spacial score (nSPS) is 19.9. The predicted octanol–water partition coefficient (Wildman–Crippen LogP) is 0.548. The maximum absolute atomic E-state index is 11.2. The predicted molar refractivity (Wildman–Crippen MR) is 54.5 cm³/mol. The zero-order chi connectivity index (χ0) is 10.2. The third-order valence-corrected chi connectivity index (χ3v) is 3.16. The molecule has 5 heteroatoms. The Morgan fingerprint density at radius 3 is 2.71 bits per heavy atom. The van der Waals surface area contributed by atoms with Crippen LogP contribution >= 0.6 is 0 Å². The topological polar surface area (TPSA) is 72.2 Å². The van der Waals surface area contributed by atoms with Crippen molar-refractivity contribution >= 4 is 16.1 Å². The van der Waals surface area contributed by atoms with Crippen LogP contribution in [0, 0.1) is 0 Å². The Morgan fingerprint density at radius 1 is 1.29 bits per heavy atom. The molecule has 2 rings (SSSR count).